The van der Waals surface area contributed by atoms with E-state index in [1.165, 1.54) is 18.2 Å². The Morgan fingerprint density at radius 1 is 1.08 bits per heavy atom. The summed E-state index contributed by atoms with van der Waals surface area (Å²) in [6, 6.07) is 16.9. The number of likely N-dealkylation sites (N-methyl/N-ethyl adjacent to an activating group) is 1. The highest BCUT2D eigenvalue weighted by Gasteiger charge is 2.47. The summed E-state index contributed by atoms with van der Waals surface area (Å²) < 4.78 is 5.99. The molecule has 2 aromatic carbocycles. The molecule has 8 nitrogen and oxygen atoms in total. The van der Waals surface area contributed by atoms with Gasteiger partial charge in [0.05, 0.1) is 17.4 Å². The average molecular weight is 544 g/mol. The molecule has 0 bridgehead atoms. The Morgan fingerprint density at radius 2 is 1.87 bits per heavy atom. The first-order chi connectivity index (χ1) is 18.9. The summed E-state index contributed by atoms with van der Waals surface area (Å²) in [6.45, 7) is 1.96. The number of para-hydroxylation sites is 1. The van der Waals surface area contributed by atoms with E-state index in [4.69, 9.17) is 4.74 Å². The van der Waals surface area contributed by atoms with Crippen LogP contribution in [0.25, 0.3) is 0 Å². The molecule has 6 rings (SSSR count). The van der Waals surface area contributed by atoms with E-state index in [2.05, 4.69) is 34.6 Å². The maximum Gasteiger partial charge on any atom is 0.327 e. The van der Waals surface area contributed by atoms with Crippen LogP contribution in [-0.2, 0) is 4.79 Å². The van der Waals surface area contributed by atoms with Crippen LogP contribution in [0.4, 0.5) is 16.2 Å². The highest BCUT2D eigenvalue weighted by Crippen LogP contribution is 2.51. The van der Waals surface area contributed by atoms with Crippen LogP contribution >= 0.6 is 11.8 Å². The average Bonchev–Trinajstić information content (AvgIpc) is 3.30. The van der Waals surface area contributed by atoms with Gasteiger partial charge in [-0.1, -0.05) is 42.8 Å². The van der Waals surface area contributed by atoms with E-state index >= 15 is 0 Å². The number of nitrogens with one attached hydrogen (secondary N) is 2. The minimum atomic E-state index is -0.466. The van der Waals surface area contributed by atoms with Gasteiger partial charge in [-0.05, 0) is 75.8 Å². The Bertz CT molecular complexity index is 1400. The zero-order valence-electron chi connectivity index (χ0n) is 22.4. The number of hydrogen-bond donors (Lipinski definition) is 2. The lowest BCUT2D eigenvalue weighted by Crippen LogP contribution is -2.55. The van der Waals surface area contributed by atoms with Gasteiger partial charge in [0.2, 0.25) is 5.91 Å². The Balaban J connectivity index is 1.26. The predicted molar refractivity (Wildman–Crippen MR) is 153 cm³/mol. The van der Waals surface area contributed by atoms with Gasteiger partial charge in [-0.3, -0.25) is 9.69 Å². The standard InChI is InChI=1S/C30H33N5O3S/c1-18-17-20(38-19-9-5-4-6-10-19)13-14-22(18)35-24-15-16-31-29-25(24)26(33-30(35)37)27(39-29)28(36)32-21-11-7-8-12-23(21)34(2)3/h4-6,9-10,13-17,21,23,26-27H,7-8,11-12H2,1-3H3,(H,32,36)(H,33,37)/t21-,23-,26?,27?/m1/s1. The van der Waals surface area contributed by atoms with Crippen LogP contribution in [0.2, 0.25) is 0 Å². The molecule has 0 saturated heterocycles. The van der Waals surface area contributed by atoms with Gasteiger partial charge < -0.3 is 20.3 Å². The third-order valence-corrected chi connectivity index (χ3v) is 9.16. The number of ether oxygens (including phenoxy) is 1. The fourth-order valence-corrected chi connectivity index (χ4v) is 7.23. The van der Waals surface area contributed by atoms with E-state index in [1.54, 1.807) is 11.1 Å². The second-order valence-electron chi connectivity index (χ2n) is 10.6. The normalized spacial score (nSPS) is 23.8. The van der Waals surface area contributed by atoms with Crippen LogP contribution in [0.15, 0.2) is 65.8 Å². The lowest BCUT2D eigenvalue weighted by Gasteiger charge is -2.38. The molecule has 1 aromatic heterocycles. The minimum absolute atomic E-state index is 0.0416. The first-order valence-electron chi connectivity index (χ1n) is 13.5. The highest BCUT2D eigenvalue weighted by molar-refractivity contribution is 8.01. The first-order valence-corrected chi connectivity index (χ1v) is 14.3. The number of thioether (sulfide) groups is 1. The summed E-state index contributed by atoms with van der Waals surface area (Å²) in [4.78, 5) is 35.7. The lowest BCUT2D eigenvalue weighted by molar-refractivity contribution is -0.122. The van der Waals surface area contributed by atoms with Crippen molar-refractivity contribution in [3.63, 3.8) is 0 Å². The molecule has 0 radical (unpaired) electrons. The van der Waals surface area contributed by atoms with Gasteiger partial charge in [0.1, 0.15) is 21.8 Å². The summed E-state index contributed by atoms with van der Waals surface area (Å²) in [6.07, 6.45) is 6.06. The molecule has 3 aliphatic rings. The van der Waals surface area contributed by atoms with Gasteiger partial charge >= 0.3 is 6.03 Å². The van der Waals surface area contributed by atoms with Gasteiger partial charge in [0.15, 0.2) is 0 Å². The van der Waals surface area contributed by atoms with Crippen LogP contribution in [0.1, 0.15) is 42.9 Å². The molecule has 9 heteroatoms. The molecule has 3 amide bonds. The highest BCUT2D eigenvalue weighted by atomic mass is 32.2. The van der Waals surface area contributed by atoms with Gasteiger partial charge in [-0.25, -0.2) is 9.78 Å². The van der Waals surface area contributed by atoms with Crippen molar-refractivity contribution in [2.45, 2.75) is 61.0 Å². The van der Waals surface area contributed by atoms with Crippen LogP contribution in [0.5, 0.6) is 11.5 Å². The molecule has 3 heterocycles. The summed E-state index contributed by atoms with van der Waals surface area (Å²) in [5, 5.41) is 6.77. The molecule has 4 atom stereocenters. The minimum Gasteiger partial charge on any atom is -0.457 e. The fraction of sp³-hybridized carbons (Fsp3) is 0.367. The number of rotatable bonds is 6. The van der Waals surface area contributed by atoms with E-state index in [0.717, 1.165) is 52.5 Å². The molecule has 1 saturated carbocycles. The smallest absolute Gasteiger partial charge is 0.327 e. The van der Waals surface area contributed by atoms with E-state index in [0.29, 0.717) is 11.8 Å². The summed E-state index contributed by atoms with van der Waals surface area (Å²) >= 11 is 1.44. The van der Waals surface area contributed by atoms with Crippen molar-refractivity contribution < 1.29 is 14.3 Å². The molecule has 2 N–H and O–H groups in total. The maximum atomic E-state index is 13.6. The zero-order chi connectivity index (χ0) is 27.1. The molecule has 2 unspecified atom stereocenters. The molecular formula is C30H33N5O3S. The number of pyridine rings is 1. The molecule has 2 aliphatic heterocycles. The van der Waals surface area contributed by atoms with Gasteiger partial charge in [-0.2, -0.15) is 0 Å². The number of anilines is 2. The molecule has 1 fully saturated rings. The Hall–Kier alpha value is -3.56. The number of carbonyl (C=O) groups excluding carboxylic acids is 2. The topological polar surface area (TPSA) is 86.8 Å². The van der Waals surface area contributed by atoms with Gasteiger partial charge in [-0.15, -0.1) is 0 Å². The second kappa shape index (κ2) is 10.5. The van der Waals surface area contributed by atoms with Gasteiger partial charge in [0, 0.05) is 23.8 Å². The third kappa shape index (κ3) is 4.85. The lowest BCUT2D eigenvalue weighted by atomic mass is 9.89. The Labute approximate surface area is 233 Å². The predicted octanol–water partition coefficient (Wildman–Crippen LogP) is 5.55. The Kier molecular flexibility index (Phi) is 6.95. The van der Waals surface area contributed by atoms with E-state index in [1.807, 2.05) is 61.5 Å². The van der Waals surface area contributed by atoms with Crippen LogP contribution in [0.3, 0.4) is 0 Å². The third-order valence-electron chi connectivity index (χ3n) is 7.87. The monoisotopic (exact) mass is 543 g/mol. The van der Waals surface area contributed by atoms with E-state index in [9.17, 15) is 9.59 Å². The number of urea groups is 1. The number of benzene rings is 2. The fourth-order valence-electron chi connectivity index (χ4n) is 5.99. The number of nitrogens with zero attached hydrogens (tertiary/aromatic N) is 3. The van der Waals surface area contributed by atoms with Crippen molar-refractivity contribution >= 4 is 35.1 Å². The van der Waals surface area contributed by atoms with Crippen molar-refractivity contribution in [1.82, 2.24) is 20.5 Å². The van der Waals surface area contributed by atoms with Crippen LogP contribution in [-0.4, -0.2) is 53.3 Å². The number of carbonyl (C=O) groups is 2. The van der Waals surface area contributed by atoms with Crippen LogP contribution < -0.4 is 20.3 Å². The largest absolute Gasteiger partial charge is 0.457 e. The number of aromatic nitrogens is 1. The van der Waals surface area contributed by atoms with Crippen molar-refractivity contribution in [2.75, 3.05) is 19.0 Å². The number of aryl methyl sites for hydroxylation is 1. The van der Waals surface area contributed by atoms with Crippen molar-refractivity contribution in [1.29, 1.82) is 0 Å². The Morgan fingerprint density at radius 3 is 2.64 bits per heavy atom. The molecule has 3 aromatic rings. The van der Waals surface area contributed by atoms with Gasteiger partial charge in [0.25, 0.3) is 0 Å². The van der Waals surface area contributed by atoms with Crippen LogP contribution in [0, 0.1) is 6.92 Å². The quantitative estimate of drug-likeness (QED) is 0.424. The number of amides is 3. The first kappa shape index (κ1) is 25.7. The van der Waals surface area contributed by atoms with Crippen molar-refractivity contribution in [3.05, 3.63) is 71.9 Å². The SMILES string of the molecule is Cc1cc(Oc2ccccc2)ccc1N1C(=O)NC2c3c1ccnc3SC2C(=O)N[C@@H]1CCCC[C@H]1N(C)C. The summed E-state index contributed by atoms with van der Waals surface area (Å²) in [5.74, 6) is 1.41. The van der Waals surface area contributed by atoms with E-state index < -0.39 is 11.3 Å². The molecule has 0 spiro atoms. The summed E-state index contributed by atoms with van der Waals surface area (Å²) in [7, 11) is 4.15. The molecular weight excluding hydrogens is 510 g/mol. The molecule has 1 aliphatic carbocycles. The number of hydrogen-bond acceptors (Lipinski definition) is 6. The van der Waals surface area contributed by atoms with E-state index in [-0.39, 0.29) is 18.0 Å². The zero-order valence-corrected chi connectivity index (χ0v) is 23.2. The van der Waals surface area contributed by atoms with Crippen molar-refractivity contribution in [2.24, 2.45) is 0 Å². The molecule has 202 valence electrons. The molecule has 39 heavy (non-hydrogen) atoms. The maximum absolute atomic E-state index is 13.6. The second-order valence-corrected chi connectivity index (χ2v) is 11.8. The van der Waals surface area contributed by atoms with Crippen molar-refractivity contribution in [3.8, 4) is 11.5 Å². The summed E-state index contributed by atoms with van der Waals surface area (Å²) in [5.41, 5.74) is 3.32.